The minimum absolute atomic E-state index is 0. The number of nitrogens with zero attached hydrogens (tertiary/aromatic N) is 5. The smallest absolute Gasteiger partial charge is 0.231 e. The third kappa shape index (κ3) is 7.87. The molecule has 4 rings (SSSR count). The Bertz CT molecular complexity index is 756. The molecule has 0 aliphatic carbocycles. The second-order valence-electron chi connectivity index (χ2n) is 9.04. The largest absolute Gasteiger partial charge is 0.454 e. The summed E-state index contributed by atoms with van der Waals surface area (Å²) >= 11 is 0. The highest BCUT2D eigenvalue weighted by atomic mass is 127. The summed E-state index contributed by atoms with van der Waals surface area (Å²) in [5, 5.41) is 3.51. The number of rotatable bonds is 7. The van der Waals surface area contributed by atoms with Crippen molar-refractivity contribution in [2.75, 3.05) is 85.8 Å². The molecule has 3 aliphatic rings. The van der Waals surface area contributed by atoms with Crippen molar-refractivity contribution < 1.29 is 9.47 Å². The number of benzene rings is 1. The Hall–Kier alpha value is -1.30. The maximum atomic E-state index is 5.52. The van der Waals surface area contributed by atoms with Gasteiger partial charge in [-0.05, 0) is 64.1 Å². The van der Waals surface area contributed by atoms with E-state index in [2.05, 4.69) is 51.0 Å². The summed E-state index contributed by atoms with van der Waals surface area (Å²) in [6.07, 6.45) is 2.40. The summed E-state index contributed by atoms with van der Waals surface area (Å²) in [4.78, 5) is 14.9. The van der Waals surface area contributed by atoms with E-state index >= 15 is 0 Å². The van der Waals surface area contributed by atoms with Gasteiger partial charge in [0.2, 0.25) is 6.79 Å². The first-order valence-corrected chi connectivity index (χ1v) is 12.3. The van der Waals surface area contributed by atoms with Crippen LogP contribution >= 0.6 is 24.0 Å². The molecule has 0 atom stereocenters. The molecule has 1 aromatic rings. The van der Waals surface area contributed by atoms with Gasteiger partial charge in [-0.1, -0.05) is 6.07 Å². The van der Waals surface area contributed by atoms with Crippen LogP contribution in [0.3, 0.4) is 0 Å². The summed E-state index contributed by atoms with van der Waals surface area (Å²) in [5.74, 6) is 2.80. The van der Waals surface area contributed by atoms with Gasteiger partial charge < -0.3 is 29.5 Å². The Kier molecular flexibility index (Phi) is 10.8. The van der Waals surface area contributed by atoms with Crippen LogP contribution in [0.25, 0.3) is 0 Å². The van der Waals surface area contributed by atoms with E-state index in [4.69, 9.17) is 14.5 Å². The predicted molar refractivity (Wildman–Crippen MR) is 144 cm³/mol. The van der Waals surface area contributed by atoms with Crippen molar-refractivity contribution in [1.82, 2.24) is 24.9 Å². The molecule has 0 bridgehead atoms. The third-order valence-corrected chi connectivity index (χ3v) is 6.56. The van der Waals surface area contributed by atoms with E-state index in [1.54, 1.807) is 0 Å². The zero-order valence-corrected chi connectivity index (χ0v) is 22.6. The molecule has 1 aromatic carbocycles. The fourth-order valence-electron chi connectivity index (χ4n) is 4.64. The van der Waals surface area contributed by atoms with Gasteiger partial charge in [0.25, 0.3) is 0 Å². The molecule has 2 saturated heterocycles. The Balaban J connectivity index is 0.00000306. The molecule has 0 radical (unpaired) electrons. The van der Waals surface area contributed by atoms with Crippen LogP contribution in [0.5, 0.6) is 11.5 Å². The van der Waals surface area contributed by atoms with Crippen molar-refractivity contribution in [1.29, 1.82) is 0 Å². The zero-order valence-electron chi connectivity index (χ0n) is 20.3. The molecule has 8 nitrogen and oxygen atoms in total. The highest BCUT2D eigenvalue weighted by molar-refractivity contribution is 14.0. The maximum absolute atomic E-state index is 5.52. The third-order valence-electron chi connectivity index (χ3n) is 6.56. The molecule has 1 N–H and O–H groups in total. The molecule has 186 valence electrons. The van der Waals surface area contributed by atoms with E-state index in [-0.39, 0.29) is 24.0 Å². The first kappa shape index (κ1) is 26.3. The fourth-order valence-corrected chi connectivity index (χ4v) is 4.64. The molecule has 33 heavy (non-hydrogen) atoms. The number of hydrogen-bond donors (Lipinski definition) is 1. The number of ether oxygens (including phenoxy) is 2. The summed E-state index contributed by atoms with van der Waals surface area (Å²) in [6.45, 7) is 15.3. The van der Waals surface area contributed by atoms with E-state index in [1.165, 1.54) is 38.2 Å². The monoisotopic (exact) mass is 572 g/mol. The normalized spacial score (nSPS) is 20.4. The van der Waals surface area contributed by atoms with Crippen molar-refractivity contribution in [2.45, 2.75) is 26.3 Å². The number of piperazine rings is 1. The van der Waals surface area contributed by atoms with Crippen molar-refractivity contribution in [3.05, 3.63) is 23.8 Å². The predicted octanol–water partition coefficient (Wildman–Crippen LogP) is 2.14. The van der Waals surface area contributed by atoms with E-state index in [9.17, 15) is 0 Å². The SMILES string of the molecule is CCNC(=NCCCN1CCCN(C)CC1)N1CCN(Cc2ccc3c(c2)OCO3)CC1.I. The van der Waals surface area contributed by atoms with Crippen LogP contribution in [0.15, 0.2) is 23.2 Å². The number of halogens is 1. The number of guanidine groups is 1. The lowest BCUT2D eigenvalue weighted by Gasteiger charge is -2.36. The molecule has 0 saturated carbocycles. The molecule has 0 amide bonds. The van der Waals surface area contributed by atoms with Gasteiger partial charge in [0, 0.05) is 58.9 Å². The molecule has 0 unspecified atom stereocenters. The standard InChI is InChI=1S/C24H40N6O2.HI/c1-3-25-24(26-8-4-10-28-11-5-9-27(2)12-13-28)30-16-14-29(15-17-30)19-21-6-7-22-23(18-21)32-20-31-22;/h6-7,18H,3-5,8-17,19-20H2,1-2H3,(H,25,26);1H. The summed E-state index contributed by atoms with van der Waals surface area (Å²) < 4.78 is 10.9. The van der Waals surface area contributed by atoms with Crippen molar-refractivity contribution in [3.63, 3.8) is 0 Å². The van der Waals surface area contributed by atoms with Gasteiger partial charge >= 0.3 is 0 Å². The number of aliphatic imine (C=N–C) groups is 1. The molecule has 3 heterocycles. The van der Waals surface area contributed by atoms with Gasteiger partial charge in [0.05, 0.1) is 0 Å². The summed E-state index contributed by atoms with van der Waals surface area (Å²) in [6, 6.07) is 6.28. The van der Waals surface area contributed by atoms with E-state index < -0.39 is 0 Å². The number of nitrogens with one attached hydrogen (secondary N) is 1. The number of hydrogen-bond acceptors (Lipinski definition) is 6. The lowest BCUT2D eigenvalue weighted by Crippen LogP contribution is -2.52. The highest BCUT2D eigenvalue weighted by Crippen LogP contribution is 2.32. The second kappa shape index (κ2) is 13.6. The van der Waals surface area contributed by atoms with Crippen molar-refractivity contribution in [3.8, 4) is 11.5 Å². The van der Waals surface area contributed by atoms with Gasteiger partial charge in [-0.2, -0.15) is 0 Å². The molecule has 9 heteroatoms. The Labute approximate surface area is 216 Å². The zero-order chi connectivity index (χ0) is 22.2. The van der Waals surface area contributed by atoms with Gasteiger partial charge in [-0.3, -0.25) is 9.89 Å². The van der Waals surface area contributed by atoms with Gasteiger partial charge in [-0.15, -0.1) is 24.0 Å². The van der Waals surface area contributed by atoms with Crippen LogP contribution in [0, 0.1) is 0 Å². The fraction of sp³-hybridized carbons (Fsp3) is 0.708. The molecular formula is C24H41IN6O2. The lowest BCUT2D eigenvalue weighted by atomic mass is 10.1. The van der Waals surface area contributed by atoms with E-state index in [0.717, 1.165) is 76.2 Å². The second-order valence-corrected chi connectivity index (χ2v) is 9.04. The van der Waals surface area contributed by atoms with E-state index in [1.807, 2.05) is 6.07 Å². The summed E-state index contributed by atoms with van der Waals surface area (Å²) in [7, 11) is 2.23. The number of likely N-dealkylation sites (N-methyl/N-ethyl adjacent to an activating group) is 1. The minimum Gasteiger partial charge on any atom is -0.454 e. The van der Waals surface area contributed by atoms with Crippen LogP contribution in [-0.2, 0) is 6.54 Å². The highest BCUT2D eigenvalue weighted by Gasteiger charge is 2.21. The van der Waals surface area contributed by atoms with Gasteiger partial charge in [0.15, 0.2) is 17.5 Å². The average molecular weight is 573 g/mol. The van der Waals surface area contributed by atoms with Crippen LogP contribution < -0.4 is 14.8 Å². The number of fused-ring (bicyclic) bond motifs is 1. The Morgan fingerprint density at radius 2 is 1.76 bits per heavy atom. The van der Waals surface area contributed by atoms with Crippen molar-refractivity contribution >= 4 is 29.9 Å². The van der Waals surface area contributed by atoms with Crippen LogP contribution in [0.1, 0.15) is 25.3 Å². The van der Waals surface area contributed by atoms with Gasteiger partial charge in [-0.25, -0.2) is 0 Å². The lowest BCUT2D eigenvalue weighted by molar-refractivity contribution is 0.171. The first-order valence-electron chi connectivity index (χ1n) is 12.3. The van der Waals surface area contributed by atoms with Crippen LogP contribution in [0.4, 0.5) is 0 Å². The maximum Gasteiger partial charge on any atom is 0.231 e. The van der Waals surface area contributed by atoms with Gasteiger partial charge in [0.1, 0.15) is 0 Å². The first-order chi connectivity index (χ1) is 15.7. The molecular weight excluding hydrogens is 531 g/mol. The molecule has 0 spiro atoms. The average Bonchev–Trinajstić information content (AvgIpc) is 3.17. The molecule has 0 aromatic heterocycles. The topological polar surface area (TPSA) is 55.8 Å². The molecule has 2 fully saturated rings. The van der Waals surface area contributed by atoms with E-state index in [0.29, 0.717) is 6.79 Å². The Morgan fingerprint density at radius 1 is 0.970 bits per heavy atom. The van der Waals surface area contributed by atoms with Crippen molar-refractivity contribution in [2.24, 2.45) is 4.99 Å². The summed E-state index contributed by atoms with van der Waals surface area (Å²) in [5.41, 5.74) is 1.28. The Morgan fingerprint density at radius 3 is 2.58 bits per heavy atom. The quantitative estimate of drug-likeness (QED) is 0.233. The minimum atomic E-state index is 0. The molecule has 3 aliphatic heterocycles. The van der Waals surface area contributed by atoms with Crippen LogP contribution in [-0.4, -0.2) is 111 Å². The van der Waals surface area contributed by atoms with Crippen LogP contribution in [0.2, 0.25) is 0 Å².